The van der Waals surface area contributed by atoms with Crippen LogP contribution in [0, 0.1) is 0 Å². The summed E-state index contributed by atoms with van der Waals surface area (Å²) in [5.41, 5.74) is 1.17. The van der Waals surface area contributed by atoms with Crippen LogP contribution < -0.4 is 24.9 Å². The molecule has 3 amide bonds. The van der Waals surface area contributed by atoms with E-state index in [9.17, 15) is 14.4 Å². The van der Waals surface area contributed by atoms with Gasteiger partial charge in [0.15, 0.2) is 4.80 Å². The molecule has 0 aliphatic heterocycles. The number of carbonyl (C=O) groups is 3. The molecule has 1 aromatic heterocycles. The first-order valence-corrected chi connectivity index (χ1v) is 11.9. The van der Waals surface area contributed by atoms with Gasteiger partial charge in [0.25, 0.3) is 11.8 Å². The maximum Gasteiger partial charge on any atom is 0.283 e. The number of methoxy groups -OCH3 is 2. The van der Waals surface area contributed by atoms with Crippen molar-refractivity contribution in [2.45, 2.75) is 19.9 Å². The number of thiazole rings is 1. The molecule has 0 saturated carbocycles. The Bertz CT molecular complexity index is 1280. The molecule has 2 aromatic carbocycles. The zero-order valence-corrected chi connectivity index (χ0v) is 21.0. The number of benzene rings is 2. The molecule has 0 aliphatic rings. The Labute approximate surface area is 211 Å². The van der Waals surface area contributed by atoms with E-state index in [2.05, 4.69) is 15.6 Å². The van der Waals surface area contributed by atoms with Crippen LogP contribution in [0.25, 0.3) is 0 Å². The number of carbonyl (C=O) groups excluding carboxylic acids is 3. The van der Waals surface area contributed by atoms with E-state index in [1.165, 1.54) is 32.5 Å². The normalized spacial score (nSPS) is 11.1. The maximum absolute atomic E-state index is 13.0. The second-order valence-corrected chi connectivity index (χ2v) is 8.61. The Morgan fingerprint density at radius 3 is 2.49 bits per heavy atom. The number of halogens is 1. The van der Waals surface area contributed by atoms with Crippen molar-refractivity contribution in [1.82, 2.24) is 9.88 Å². The lowest BCUT2D eigenvalue weighted by atomic mass is 10.2. The second-order valence-electron chi connectivity index (χ2n) is 7.34. The molecule has 0 spiro atoms. The first-order chi connectivity index (χ1) is 16.8. The molecule has 9 nitrogen and oxygen atoms in total. The summed E-state index contributed by atoms with van der Waals surface area (Å²) in [6.07, 6.45) is 0.533. The molecule has 35 heavy (non-hydrogen) atoms. The lowest BCUT2D eigenvalue weighted by Gasteiger charge is -2.10. The monoisotopic (exact) mass is 516 g/mol. The van der Waals surface area contributed by atoms with Crippen molar-refractivity contribution in [1.29, 1.82) is 0 Å². The van der Waals surface area contributed by atoms with Gasteiger partial charge in [0.2, 0.25) is 5.91 Å². The average molecular weight is 517 g/mol. The minimum Gasteiger partial charge on any atom is -0.497 e. The molecule has 3 aromatic rings. The minimum atomic E-state index is -0.522. The first kappa shape index (κ1) is 26.0. The summed E-state index contributed by atoms with van der Waals surface area (Å²) >= 11 is 7.09. The van der Waals surface area contributed by atoms with Gasteiger partial charge in [-0.05, 0) is 42.8 Å². The van der Waals surface area contributed by atoms with Crippen LogP contribution in [0.1, 0.15) is 34.2 Å². The molecule has 0 fully saturated rings. The fraction of sp³-hybridized carbons (Fsp3) is 0.250. The van der Waals surface area contributed by atoms with Crippen molar-refractivity contribution in [3.63, 3.8) is 0 Å². The summed E-state index contributed by atoms with van der Waals surface area (Å²) in [7, 11) is 2.98. The summed E-state index contributed by atoms with van der Waals surface area (Å²) in [5.74, 6) is -0.158. The van der Waals surface area contributed by atoms with Gasteiger partial charge >= 0.3 is 0 Å². The number of ether oxygens (including phenoxy) is 2. The fourth-order valence-corrected chi connectivity index (χ4v) is 4.20. The third-order valence-corrected chi connectivity index (χ3v) is 6.02. The van der Waals surface area contributed by atoms with E-state index in [1.807, 2.05) is 0 Å². The van der Waals surface area contributed by atoms with E-state index in [0.29, 0.717) is 52.2 Å². The van der Waals surface area contributed by atoms with Crippen molar-refractivity contribution < 1.29 is 23.9 Å². The number of hydrogen-bond acceptors (Lipinski definition) is 6. The fourth-order valence-electron chi connectivity index (χ4n) is 3.17. The molecule has 184 valence electrons. The molecule has 0 atom stereocenters. The van der Waals surface area contributed by atoms with Gasteiger partial charge in [-0.15, -0.1) is 11.3 Å². The standard InChI is InChI=1S/C24H25ClN4O5S/c1-15(30)26-11-4-12-29-20(23(32)27-17-7-5-16(25)6-8-17)14-35-24(29)28-22(31)19-10-9-18(33-2)13-21(19)34-3/h5-10,13-14H,4,11-12H2,1-3H3,(H,26,30)(H,27,32)/b28-24-. The molecule has 0 aliphatic carbocycles. The Morgan fingerprint density at radius 1 is 1.09 bits per heavy atom. The van der Waals surface area contributed by atoms with Crippen LogP contribution >= 0.6 is 22.9 Å². The zero-order valence-electron chi connectivity index (χ0n) is 19.5. The van der Waals surface area contributed by atoms with Crippen LogP contribution in [0.15, 0.2) is 52.8 Å². The van der Waals surface area contributed by atoms with Crippen LogP contribution in [0.4, 0.5) is 5.69 Å². The van der Waals surface area contributed by atoms with Gasteiger partial charge in [-0.1, -0.05) is 11.6 Å². The molecular formula is C24H25ClN4O5S. The molecule has 11 heteroatoms. The largest absolute Gasteiger partial charge is 0.497 e. The average Bonchev–Trinajstić information content (AvgIpc) is 3.24. The lowest BCUT2D eigenvalue weighted by molar-refractivity contribution is -0.118. The van der Waals surface area contributed by atoms with Crippen molar-refractivity contribution >= 4 is 46.3 Å². The topological polar surface area (TPSA) is 111 Å². The third kappa shape index (κ3) is 6.93. The zero-order chi connectivity index (χ0) is 25.4. The van der Waals surface area contributed by atoms with Gasteiger partial charge in [-0.3, -0.25) is 14.4 Å². The SMILES string of the molecule is COc1ccc(C(=O)/N=c2\scc(C(=O)Nc3ccc(Cl)cc3)n2CCCNC(C)=O)c(OC)c1. The van der Waals surface area contributed by atoms with Crippen LogP contribution in [0.5, 0.6) is 11.5 Å². The summed E-state index contributed by atoms with van der Waals surface area (Å²) in [6.45, 7) is 2.21. The van der Waals surface area contributed by atoms with Crippen LogP contribution in [-0.2, 0) is 11.3 Å². The highest BCUT2D eigenvalue weighted by Crippen LogP contribution is 2.25. The Morgan fingerprint density at radius 2 is 1.83 bits per heavy atom. The van der Waals surface area contributed by atoms with Gasteiger partial charge in [-0.25, -0.2) is 0 Å². The van der Waals surface area contributed by atoms with E-state index in [1.54, 1.807) is 52.4 Å². The minimum absolute atomic E-state index is 0.146. The molecule has 2 N–H and O–H groups in total. The molecule has 3 rings (SSSR count). The summed E-state index contributed by atoms with van der Waals surface area (Å²) in [4.78, 5) is 41.8. The first-order valence-electron chi connectivity index (χ1n) is 10.6. The van der Waals surface area contributed by atoms with E-state index in [0.717, 1.165) is 0 Å². The van der Waals surface area contributed by atoms with Gasteiger partial charge in [0.1, 0.15) is 17.2 Å². The number of rotatable bonds is 9. The number of nitrogens with zero attached hydrogens (tertiary/aromatic N) is 2. The highest BCUT2D eigenvalue weighted by atomic mass is 35.5. The Hall–Kier alpha value is -3.63. The highest BCUT2D eigenvalue weighted by Gasteiger charge is 2.17. The highest BCUT2D eigenvalue weighted by molar-refractivity contribution is 7.07. The number of amides is 3. The molecular weight excluding hydrogens is 492 g/mol. The van der Waals surface area contributed by atoms with E-state index < -0.39 is 5.91 Å². The summed E-state index contributed by atoms with van der Waals surface area (Å²) < 4.78 is 12.2. The molecule has 0 radical (unpaired) electrons. The van der Waals surface area contributed by atoms with Crippen LogP contribution in [-0.4, -0.2) is 43.1 Å². The van der Waals surface area contributed by atoms with Gasteiger partial charge in [-0.2, -0.15) is 4.99 Å². The van der Waals surface area contributed by atoms with Crippen molar-refractivity contribution in [2.75, 3.05) is 26.1 Å². The number of anilines is 1. The number of hydrogen-bond donors (Lipinski definition) is 2. The van der Waals surface area contributed by atoms with Gasteiger partial charge in [0, 0.05) is 42.2 Å². The predicted molar refractivity (Wildman–Crippen MR) is 134 cm³/mol. The third-order valence-electron chi connectivity index (χ3n) is 4.90. The van der Waals surface area contributed by atoms with Crippen LogP contribution in [0.2, 0.25) is 5.02 Å². The molecule has 0 unspecified atom stereocenters. The number of nitrogens with one attached hydrogen (secondary N) is 2. The lowest BCUT2D eigenvalue weighted by Crippen LogP contribution is -2.27. The van der Waals surface area contributed by atoms with Gasteiger partial charge < -0.3 is 24.7 Å². The summed E-state index contributed by atoms with van der Waals surface area (Å²) in [6, 6.07) is 11.6. The predicted octanol–water partition coefficient (Wildman–Crippen LogP) is 3.74. The second kappa shape index (κ2) is 12.2. The molecule has 0 bridgehead atoms. The van der Waals surface area contributed by atoms with Crippen molar-refractivity contribution in [3.05, 3.63) is 68.9 Å². The summed E-state index contributed by atoms with van der Waals surface area (Å²) in [5, 5.41) is 7.74. The quantitative estimate of drug-likeness (QED) is 0.421. The number of aromatic nitrogens is 1. The van der Waals surface area contributed by atoms with Gasteiger partial charge in [0.05, 0.1) is 19.8 Å². The van der Waals surface area contributed by atoms with Crippen LogP contribution in [0.3, 0.4) is 0 Å². The maximum atomic E-state index is 13.0. The van der Waals surface area contributed by atoms with E-state index in [-0.39, 0.29) is 17.4 Å². The Balaban J connectivity index is 1.93. The smallest absolute Gasteiger partial charge is 0.283 e. The molecule has 1 heterocycles. The molecule has 0 saturated heterocycles. The van der Waals surface area contributed by atoms with Crippen molar-refractivity contribution in [3.8, 4) is 11.5 Å². The van der Waals surface area contributed by atoms with Crippen molar-refractivity contribution in [2.24, 2.45) is 4.99 Å². The van der Waals surface area contributed by atoms with E-state index >= 15 is 0 Å². The van der Waals surface area contributed by atoms with E-state index in [4.69, 9.17) is 21.1 Å². The Kier molecular flexibility index (Phi) is 9.04.